The summed E-state index contributed by atoms with van der Waals surface area (Å²) in [6.45, 7) is -0.269. The summed E-state index contributed by atoms with van der Waals surface area (Å²) in [6.07, 6.45) is -3.90. The molecular formula is C19H19ClF3N5O5S. The van der Waals surface area contributed by atoms with Crippen molar-refractivity contribution >= 4 is 27.4 Å². The highest BCUT2D eigenvalue weighted by Crippen LogP contribution is 2.39. The number of alkyl halides is 3. The fourth-order valence-corrected chi connectivity index (χ4v) is 3.74. The Morgan fingerprint density at radius 2 is 2.00 bits per heavy atom. The number of benzene rings is 1. The van der Waals surface area contributed by atoms with Crippen molar-refractivity contribution in [1.29, 1.82) is 0 Å². The highest BCUT2D eigenvalue weighted by atomic mass is 35.5. The minimum atomic E-state index is -4.92. The van der Waals surface area contributed by atoms with E-state index in [0.717, 1.165) is 6.26 Å². The number of carbonyl (C=O) groups excluding carboxylic acids is 1. The average Bonchev–Trinajstić information content (AvgIpc) is 3.31. The van der Waals surface area contributed by atoms with Crippen LogP contribution in [0.25, 0.3) is 23.0 Å². The van der Waals surface area contributed by atoms with Crippen LogP contribution in [0, 0.1) is 0 Å². The molecule has 34 heavy (non-hydrogen) atoms. The molecule has 0 aliphatic heterocycles. The molecule has 1 aromatic carbocycles. The summed E-state index contributed by atoms with van der Waals surface area (Å²) in [5, 5.41) is 6.28. The van der Waals surface area contributed by atoms with Gasteiger partial charge in [-0.2, -0.15) is 23.3 Å². The zero-order valence-electron chi connectivity index (χ0n) is 18.1. The van der Waals surface area contributed by atoms with Gasteiger partial charge in [-0.05, 0) is 26.2 Å². The maximum Gasteiger partial charge on any atom is 0.436 e. The first-order chi connectivity index (χ1) is 15.8. The highest BCUT2D eigenvalue weighted by molar-refractivity contribution is 7.90. The second kappa shape index (κ2) is 9.72. The van der Waals surface area contributed by atoms with Crippen LogP contribution in [0.5, 0.6) is 0 Å². The van der Waals surface area contributed by atoms with E-state index in [1.165, 1.54) is 24.3 Å². The number of likely N-dealkylation sites (N-methyl/N-ethyl adjacent to an activating group) is 1. The second-order valence-corrected chi connectivity index (χ2v) is 9.81. The lowest BCUT2D eigenvalue weighted by atomic mass is 10.2. The monoisotopic (exact) mass is 521 g/mol. The van der Waals surface area contributed by atoms with Crippen LogP contribution in [-0.2, 0) is 32.1 Å². The van der Waals surface area contributed by atoms with Gasteiger partial charge < -0.3 is 14.2 Å². The Labute approximate surface area is 197 Å². The molecule has 3 rings (SSSR count). The van der Waals surface area contributed by atoms with Crippen LogP contribution in [0.2, 0.25) is 5.02 Å². The largest absolute Gasteiger partial charge is 0.463 e. The molecule has 15 heteroatoms. The molecule has 3 aromatic rings. The molecule has 0 unspecified atom stereocenters. The summed E-state index contributed by atoms with van der Waals surface area (Å²) in [7, 11) is -0.0176. The van der Waals surface area contributed by atoms with E-state index in [1.54, 1.807) is 19.0 Å². The van der Waals surface area contributed by atoms with Gasteiger partial charge in [-0.1, -0.05) is 28.9 Å². The molecule has 0 spiro atoms. The summed E-state index contributed by atoms with van der Waals surface area (Å²) >= 11 is 5.95. The molecule has 0 fully saturated rings. The zero-order chi connectivity index (χ0) is 25.3. The maximum absolute atomic E-state index is 13.4. The number of hydrogen-bond donors (Lipinski definition) is 0. The quantitative estimate of drug-likeness (QED) is 0.412. The molecule has 2 heterocycles. The van der Waals surface area contributed by atoms with Gasteiger partial charge in [-0.15, -0.1) is 0 Å². The molecule has 0 atom stereocenters. The van der Waals surface area contributed by atoms with Crippen LogP contribution in [0.4, 0.5) is 13.2 Å². The molecule has 2 aromatic heterocycles. The number of carbonyl (C=O) groups is 1. The van der Waals surface area contributed by atoms with Crippen molar-refractivity contribution in [3.05, 3.63) is 35.0 Å². The van der Waals surface area contributed by atoms with Crippen LogP contribution < -0.4 is 0 Å². The third kappa shape index (κ3) is 5.93. The second-order valence-electron chi connectivity index (χ2n) is 7.41. The number of rotatable bonds is 8. The normalized spacial score (nSPS) is 12.4. The Hall–Kier alpha value is -2.97. The molecule has 184 valence electrons. The number of sulfone groups is 1. The lowest BCUT2D eigenvalue weighted by molar-refractivity contribution is -0.146. The SMILES string of the molecule is CN(C)CCOC(=O)Cn1nc(C(F)(F)F)c(Cl)c1-c1nc(-c2cccc(S(C)(=O)=O)c2)no1. The van der Waals surface area contributed by atoms with Crippen LogP contribution in [0.1, 0.15) is 5.69 Å². The fraction of sp³-hybridized carbons (Fsp3) is 0.368. The van der Waals surface area contributed by atoms with Crippen molar-refractivity contribution < 1.29 is 35.6 Å². The average molecular weight is 522 g/mol. The predicted octanol–water partition coefficient (Wildman–Crippen LogP) is 2.78. The first-order valence-electron chi connectivity index (χ1n) is 9.56. The van der Waals surface area contributed by atoms with Gasteiger partial charge in [0.1, 0.15) is 23.9 Å². The Morgan fingerprint density at radius 3 is 2.62 bits per heavy atom. The number of hydrogen-bond acceptors (Lipinski definition) is 9. The molecule has 0 saturated heterocycles. The van der Waals surface area contributed by atoms with Crippen LogP contribution >= 0.6 is 11.6 Å². The van der Waals surface area contributed by atoms with E-state index in [0.29, 0.717) is 11.2 Å². The van der Waals surface area contributed by atoms with Crippen molar-refractivity contribution in [1.82, 2.24) is 24.8 Å². The molecule has 0 aliphatic carbocycles. The van der Waals surface area contributed by atoms with E-state index in [2.05, 4.69) is 15.2 Å². The molecule has 0 radical (unpaired) electrons. The van der Waals surface area contributed by atoms with Gasteiger partial charge in [-0.25, -0.2) is 13.1 Å². The summed E-state index contributed by atoms with van der Waals surface area (Å²) in [6, 6.07) is 5.59. The first-order valence-corrected chi connectivity index (χ1v) is 11.8. The fourth-order valence-electron chi connectivity index (χ4n) is 2.75. The van der Waals surface area contributed by atoms with E-state index in [1.807, 2.05) is 0 Å². The molecule has 0 N–H and O–H groups in total. The third-order valence-corrected chi connectivity index (χ3v) is 5.86. The lowest BCUT2D eigenvalue weighted by Crippen LogP contribution is -2.22. The van der Waals surface area contributed by atoms with E-state index >= 15 is 0 Å². The minimum Gasteiger partial charge on any atom is -0.463 e. The van der Waals surface area contributed by atoms with Gasteiger partial charge in [-0.3, -0.25) is 4.79 Å². The summed E-state index contributed by atoms with van der Waals surface area (Å²) in [4.78, 5) is 17.9. The summed E-state index contributed by atoms with van der Waals surface area (Å²) in [5.41, 5.74) is -1.64. The minimum absolute atomic E-state index is 0.0146. The molecule has 10 nitrogen and oxygen atoms in total. The third-order valence-electron chi connectivity index (χ3n) is 4.39. The number of nitrogens with zero attached hydrogens (tertiary/aromatic N) is 5. The standard InChI is InChI=1S/C19H19ClF3N5O5S/c1-27(2)7-8-32-13(29)10-28-15(14(20)16(25-28)19(21,22)23)18-24-17(26-33-18)11-5-4-6-12(9-11)34(3,30)31/h4-6,9H,7-8,10H2,1-3H3. The van der Waals surface area contributed by atoms with Crippen molar-refractivity contribution in [2.75, 3.05) is 33.5 Å². The van der Waals surface area contributed by atoms with Crippen molar-refractivity contribution in [3.63, 3.8) is 0 Å². The van der Waals surface area contributed by atoms with Crippen molar-refractivity contribution in [3.8, 4) is 23.0 Å². The molecule has 0 amide bonds. The van der Waals surface area contributed by atoms with Gasteiger partial charge in [0.25, 0.3) is 5.89 Å². The molecular weight excluding hydrogens is 503 g/mol. The Kier molecular flexibility index (Phi) is 7.33. The Bertz CT molecular complexity index is 1300. The maximum atomic E-state index is 13.4. The van der Waals surface area contributed by atoms with Crippen LogP contribution in [0.3, 0.4) is 0 Å². The summed E-state index contributed by atoms with van der Waals surface area (Å²) in [5.74, 6) is -1.41. The number of ether oxygens (including phenoxy) is 1. The van der Waals surface area contributed by atoms with Gasteiger partial charge in [0.15, 0.2) is 15.5 Å². The first kappa shape index (κ1) is 25.6. The molecule has 0 aliphatic rings. The number of halogens is 4. The number of esters is 1. The topological polar surface area (TPSA) is 120 Å². The van der Waals surface area contributed by atoms with Crippen LogP contribution in [-0.4, -0.2) is 72.7 Å². The van der Waals surface area contributed by atoms with E-state index in [-0.39, 0.29) is 22.9 Å². The Morgan fingerprint density at radius 1 is 1.29 bits per heavy atom. The van der Waals surface area contributed by atoms with Gasteiger partial charge in [0, 0.05) is 18.4 Å². The predicted molar refractivity (Wildman–Crippen MR) is 114 cm³/mol. The highest BCUT2D eigenvalue weighted by Gasteiger charge is 2.40. The van der Waals surface area contributed by atoms with Crippen molar-refractivity contribution in [2.45, 2.75) is 17.6 Å². The van der Waals surface area contributed by atoms with Gasteiger partial charge in [0.05, 0.1) is 4.90 Å². The van der Waals surface area contributed by atoms with Crippen LogP contribution in [0.15, 0.2) is 33.7 Å². The van der Waals surface area contributed by atoms with E-state index in [4.69, 9.17) is 20.9 Å². The Balaban J connectivity index is 1.99. The smallest absolute Gasteiger partial charge is 0.436 e. The van der Waals surface area contributed by atoms with Crippen molar-refractivity contribution in [2.24, 2.45) is 0 Å². The van der Waals surface area contributed by atoms with E-state index < -0.39 is 50.8 Å². The van der Waals surface area contributed by atoms with Gasteiger partial charge in [0.2, 0.25) is 5.82 Å². The van der Waals surface area contributed by atoms with Gasteiger partial charge >= 0.3 is 12.1 Å². The lowest BCUT2D eigenvalue weighted by Gasteiger charge is -2.10. The summed E-state index contributed by atoms with van der Waals surface area (Å²) < 4.78 is 74.6. The van der Waals surface area contributed by atoms with E-state index in [9.17, 15) is 26.4 Å². The molecule has 0 bridgehead atoms. The molecule has 0 saturated carbocycles. The zero-order valence-corrected chi connectivity index (χ0v) is 19.7. The number of aromatic nitrogens is 4.